The molecule has 2 aliphatic carbocycles. The van der Waals surface area contributed by atoms with Gasteiger partial charge in [0, 0.05) is 0 Å². The van der Waals surface area contributed by atoms with Crippen LogP contribution in [-0.2, 0) is 0 Å². The van der Waals surface area contributed by atoms with Gasteiger partial charge in [0.1, 0.15) is 0 Å². The number of fused-ring (bicyclic) bond motifs is 1. The molecule has 0 aromatic heterocycles. The molecule has 0 N–H and O–H groups in total. The zero-order chi connectivity index (χ0) is 15.7. The Morgan fingerprint density at radius 2 is 1.45 bits per heavy atom. The maximum atomic E-state index is 13.4. The van der Waals surface area contributed by atoms with Crippen LogP contribution in [0.1, 0.15) is 69.8 Å². The van der Waals surface area contributed by atoms with Crippen LogP contribution < -0.4 is 0 Å². The van der Waals surface area contributed by atoms with Crippen LogP contribution in [0.15, 0.2) is 12.1 Å². The summed E-state index contributed by atoms with van der Waals surface area (Å²) in [5.74, 6) is -0.813. The Balaban J connectivity index is 1.68. The molecule has 0 heterocycles. The molecule has 2 atom stereocenters. The number of benzene rings is 1. The lowest BCUT2D eigenvalue weighted by Crippen LogP contribution is -2.04. The Morgan fingerprint density at radius 1 is 0.909 bits per heavy atom. The molecule has 1 aromatic carbocycles. The molecular weight excluding hydrogens is 285 g/mol. The fourth-order valence-corrected chi connectivity index (χ4v) is 4.81. The van der Waals surface area contributed by atoms with Gasteiger partial charge in [-0.2, -0.15) is 0 Å². The van der Waals surface area contributed by atoms with Gasteiger partial charge in [-0.3, -0.25) is 0 Å². The standard InChI is InChI=1S/C19H25F3/c1-2-3-12-8-14-6-4-13(5-7-15(14)9-12)16-10-17(20)19(22)18(21)11-16/h10-15H,2-9H2,1H3. The Bertz CT molecular complexity index is 486. The van der Waals surface area contributed by atoms with Crippen LogP contribution in [0.5, 0.6) is 0 Å². The van der Waals surface area contributed by atoms with E-state index in [1.807, 2.05) is 0 Å². The van der Waals surface area contributed by atoms with Gasteiger partial charge < -0.3 is 0 Å². The minimum absolute atomic E-state index is 0.180. The largest absolute Gasteiger partial charge is 0.204 e. The van der Waals surface area contributed by atoms with Crippen molar-refractivity contribution in [1.82, 2.24) is 0 Å². The molecule has 0 aliphatic heterocycles. The van der Waals surface area contributed by atoms with Crippen LogP contribution in [-0.4, -0.2) is 0 Å². The molecule has 3 heteroatoms. The molecule has 0 radical (unpaired) electrons. The Labute approximate surface area is 131 Å². The molecule has 2 unspecified atom stereocenters. The van der Waals surface area contributed by atoms with Crippen LogP contribution in [0, 0.1) is 35.2 Å². The molecule has 0 nitrogen and oxygen atoms in total. The number of hydrogen-bond acceptors (Lipinski definition) is 0. The molecule has 0 spiro atoms. The van der Waals surface area contributed by atoms with Crippen molar-refractivity contribution in [3.8, 4) is 0 Å². The minimum Gasteiger partial charge on any atom is -0.204 e. The van der Waals surface area contributed by atoms with E-state index in [-0.39, 0.29) is 5.92 Å². The Hall–Kier alpha value is -0.990. The molecule has 3 rings (SSSR count). The van der Waals surface area contributed by atoms with E-state index in [4.69, 9.17) is 0 Å². The SMILES string of the molecule is CCCC1CC2CCC(c3cc(F)c(F)c(F)c3)CCC2C1. The van der Waals surface area contributed by atoms with Gasteiger partial charge in [-0.15, -0.1) is 0 Å². The third kappa shape index (κ3) is 3.18. The van der Waals surface area contributed by atoms with Gasteiger partial charge >= 0.3 is 0 Å². The van der Waals surface area contributed by atoms with E-state index in [1.54, 1.807) is 0 Å². The van der Waals surface area contributed by atoms with Gasteiger partial charge in [0.2, 0.25) is 0 Å². The first-order valence-corrected chi connectivity index (χ1v) is 8.72. The molecule has 0 amide bonds. The Kier molecular flexibility index (Phi) is 4.79. The summed E-state index contributed by atoms with van der Waals surface area (Å²) in [5, 5.41) is 0. The van der Waals surface area contributed by atoms with Gasteiger partial charge in [0.25, 0.3) is 0 Å². The average molecular weight is 310 g/mol. The molecule has 0 saturated heterocycles. The highest BCUT2D eigenvalue weighted by Gasteiger charge is 2.36. The van der Waals surface area contributed by atoms with Crippen molar-refractivity contribution in [3.63, 3.8) is 0 Å². The average Bonchev–Trinajstić information content (AvgIpc) is 2.76. The molecule has 1 aromatic rings. The van der Waals surface area contributed by atoms with Crippen LogP contribution >= 0.6 is 0 Å². The zero-order valence-corrected chi connectivity index (χ0v) is 13.3. The summed E-state index contributed by atoms with van der Waals surface area (Å²) >= 11 is 0. The second kappa shape index (κ2) is 6.64. The van der Waals surface area contributed by atoms with E-state index < -0.39 is 17.5 Å². The maximum Gasteiger partial charge on any atom is 0.194 e. The second-order valence-corrected chi connectivity index (χ2v) is 7.30. The highest BCUT2D eigenvalue weighted by molar-refractivity contribution is 5.23. The topological polar surface area (TPSA) is 0 Å². The molecule has 2 aliphatic rings. The van der Waals surface area contributed by atoms with Gasteiger partial charge in [0.05, 0.1) is 0 Å². The molecule has 0 bridgehead atoms. The molecule has 122 valence electrons. The van der Waals surface area contributed by atoms with E-state index in [1.165, 1.54) is 37.8 Å². The van der Waals surface area contributed by atoms with E-state index in [0.717, 1.165) is 43.4 Å². The lowest BCUT2D eigenvalue weighted by Gasteiger charge is -2.16. The van der Waals surface area contributed by atoms with E-state index in [0.29, 0.717) is 5.56 Å². The summed E-state index contributed by atoms with van der Waals surface area (Å²) < 4.78 is 40.0. The van der Waals surface area contributed by atoms with Gasteiger partial charge in [0.15, 0.2) is 17.5 Å². The van der Waals surface area contributed by atoms with Crippen molar-refractivity contribution < 1.29 is 13.2 Å². The van der Waals surface area contributed by atoms with E-state index >= 15 is 0 Å². The molecular formula is C19H25F3. The van der Waals surface area contributed by atoms with Gasteiger partial charge in [-0.1, -0.05) is 19.8 Å². The summed E-state index contributed by atoms with van der Waals surface area (Å²) in [6, 6.07) is 2.40. The van der Waals surface area contributed by atoms with Crippen LogP contribution in [0.4, 0.5) is 13.2 Å². The first-order chi connectivity index (χ1) is 10.6. The summed E-state index contributed by atoms with van der Waals surface area (Å²) in [6.45, 7) is 2.25. The minimum atomic E-state index is -1.35. The Morgan fingerprint density at radius 3 is 1.95 bits per heavy atom. The van der Waals surface area contributed by atoms with E-state index in [2.05, 4.69) is 6.92 Å². The second-order valence-electron chi connectivity index (χ2n) is 7.30. The van der Waals surface area contributed by atoms with Crippen molar-refractivity contribution in [2.24, 2.45) is 17.8 Å². The van der Waals surface area contributed by atoms with Crippen LogP contribution in [0.2, 0.25) is 0 Å². The van der Waals surface area contributed by atoms with E-state index in [9.17, 15) is 13.2 Å². The summed E-state index contributed by atoms with van der Waals surface area (Å²) in [4.78, 5) is 0. The molecule has 22 heavy (non-hydrogen) atoms. The number of hydrogen-bond donors (Lipinski definition) is 0. The van der Waals surface area contributed by atoms with Crippen molar-refractivity contribution in [3.05, 3.63) is 35.1 Å². The monoisotopic (exact) mass is 310 g/mol. The lowest BCUT2D eigenvalue weighted by molar-refractivity contribution is 0.367. The first-order valence-electron chi connectivity index (χ1n) is 8.72. The predicted octanol–water partition coefficient (Wildman–Crippen LogP) is 6.20. The normalized spacial score (nSPS) is 31.8. The fourth-order valence-electron chi connectivity index (χ4n) is 4.81. The maximum absolute atomic E-state index is 13.4. The van der Waals surface area contributed by atoms with Gasteiger partial charge in [-0.25, -0.2) is 13.2 Å². The third-order valence-corrected chi connectivity index (χ3v) is 5.89. The van der Waals surface area contributed by atoms with Crippen molar-refractivity contribution >= 4 is 0 Å². The van der Waals surface area contributed by atoms with Gasteiger partial charge in [-0.05, 0) is 79.9 Å². The fraction of sp³-hybridized carbons (Fsp3) is 0.684. The van der Waals surface area contributed by atoms with Crippen molar-refractivity contribution in [2.75, 3.05) is 0 Å². The zero-order valence-electron chi connectivity index (χ0n) is 13.3. The molecule has 2 saturated carbocycles. The first kappa shape index (κ1) is 15.9. The summed E-state index contributed by atoms with van der Waals surface area (Å²) in [5.41, 5.74) is 0.640. The van der Waals surface area contributed by atoms with Crippen molar-refractivity contribution in [1.29, 1.82) is 0 Å². The number of rotatable bonds is 3. The summed E-state index contributed by atoms with van der Waals surface area (Å²) in [6.07, 6.45) is 9.52. The quantitative estimate of drug-likeness (QED) is 0.583. The number of halogens is 3. The van der Waals surface area contributed by atoms with Crippen LogP contribution in [0.3, 0.4) is 0 Å². The smallest absolute Gasteiger partial charge is 0.194 e. The third-order valence-electron chi connectivity index (χ3n) is 5.89. The van der Waals surface area contributed by atoms with Crippen LogP contribution in [0.25, 0.3) is 0 Å². The predicted molar refractivity (Wildman–Crippen MR) is 82.1 cm³/mol. The highest BCUT2D eigenvalue weighted by Crippen LogP contribution is 2.48. The highest BCUT2D eigenvalue weighted by atomic mass is 19.2. The van der Waals surface area contributed by atoms with Crippen molar-refractivity contribution in [2.45, 2.75) is 64.2 Å². The lowest BCUT2D eigenvalue weighted by atomic mass is 9.89. The summed E-state index contributed by atoms with van der Waals surface area (Å²) in [7, 11) is 0. The molecule has 2 fully saturated rings.